The van der Waals surface area contributed by atoms with Crippen molar-refractivity contribution >= 4 is 11.4 Å². The molecule has 2 rings (SSSR count). The van der Waals surface area contributed by atoms with Crippen LogP contribution < -0.4 is 4.90 Å². The number of rotatable bonds is 5. The number of anilines is 1. The van der Waals surface area contributed by atoms with Crippen LogP contribution in [0.4, 0.5) is 11.4 Å². The predicted molar refractivity (Wildman–Crippen MR) is 79.3 cm³/mol. The number of benzene rings is 1. The van der Waals surface area contributed by atoms with E-state index in [1.807, 2.05) is 0 Å². The van der Waals surface area contributed by atoms with Crippen molar-refractivity contribution in [2.45, 2.75) is 32.3 Å². The Morgan fingerprint density at radius 1 is 1.57 bits per heavy atom. The van der Waals surface area contributed by atoms with Gasteiger partial charge in [0.2, 0.25) is 0 Å². The molecule has 1 unspecified atom stereocenters. The van der Waals surface area contributed by atoms with E-state index in [9.17, 15) is 15.4 Å². The van der Waals surface area contributed by atoms with E-state index in [0.29, 0.717) is 5.56 Å². The van der Waals surface area contributed by atoms with E-state index in [4.69, 9.17) is 4.74 Å². The number of nitro groups is 1. The lowest BCUT2D eigenvalue weighted by Crippen LogP contribution is -2.40. The Balaban J connectivity index is 2.17. The van der Waals surface area contributed by atoms with Crippen molar-refractivity contribution in [2.75, 3.05) is 24.6 Å². The molecule has 0 bridgehead atoms. The van der Waals surface area contributed by atoms with Crippen molar-refractivity contribution in [2.24, 2.45) is 0 Å². The highest BCUT2D eigenvalue weighted by Gasteiger charge is 2.23. The van der Waals surface area contributed by atoms with Gasteiger partial charge in [-0.1, -0.05) is 6.92 Å². The molecule has 1 aliphatic rings. The monoisotopic (exact) mass is 289 g/mol. The molecule has 0 radical (unpaired) electrons. The Kier molecular flexibility index (Phi) is 5.12. The van der Waals surface area contributed by atoms with Gasteiger partial charge in [-0.25, -0.2) is 0 Å². The molecule has 6 heteroatoms. The van der Waals surface area contributed by atoms with E-state index < -0.39 is 4.92 Å². The number of non-ortho nitro benzene ring substituents is 1. The molecule has 0 amide bonds. The first-order valence-corrected chi connectivity index (χ1v) is 7.20. The highest BCUT2D eigenvalue weighted by Crippen LogP contribution is 2.28. The topological polar surface area (TPSA) is 79.4 Å². The Morgan fingerprint density at radius 3 is 3.05 bits per heavy atom. The van der Waals surface area contributed by atoms with Gasteiger partial charge >= 0.3 is 0 Å². The Morgan fingerprint density at radius 2 is 2.38 bits per heavy atom. The van der Waals surface area contributed by atoms with Gasteiger partial charge in [-0.2, -0.15) is 5.26 Å². The van der Waals surface area contributed by atoms with E-state index in [0.717, 1.165) is 44.6 Å². The van der Waals surface area contributed by atoms with Crippen LogP contribution in [0.25, 0.3) is 0 Å². The molecule has 0 spiro atoms. The quantitative estimate of drug-likeness (QED) is 0.615. The lowest BCUT2D eigenvalue weighted by atomic mass is 10.0. The third-order valence-electron chi connectivity index (χ3n) is 3.59. The number of nitrogens with zero attached hydrogens (tertiary/aromatic N) is 3. The number of hydrogen-bond acceptors (Lipinski definition) is 5. The molecule has 1 heterocycles. The standard InChI is InChI=1S/C15H19N3O3/c1-2-8-21-14-4-3-7-17(11-14)15-6-5-13(18(19)20)9-12(15)10-16/h5-6,9,14H,2-4,7-8,11H2,1H3. The Labute approximate surface area is 124 Å². The highest BCUT2D eigenvalue weighted by molar-refractivity contribution is 5.63. The average Bonchev–Trinajstić information content (AvgIpc) is 2.52. The molecule has 1 aromatic rings. The summed E-state index contributed by atoms with van der Waals surface area (Å²) in [6.45, 7) is 4.39. The lowest BCUT2D eigenvalue weighted by Gasteiger charge is -2.34. The molecule has 0 saturated carbocycles. The van der Waals surface area contributed by atoms with Gasteiger partial charge in [0, 0.05) is 31.8 Å². The largest absolute Gasteiger partial charge is 0.376 e. The van der Waals surface area contributed by atoms with Gasteiger partial charge in [0.1, 0.15) is 6.07 Å². The van der Waals surface area contributed by atoms with Crippen LogP contribution in [0.3, 0.4) is 0 Å². The van der Waals surface area contributed by atoms with Crippen LogP contribution >= 0.6 is 0 Å². The first-order valence-electron chi connectivity index (χ1n) is 7.20. The van der Waals surface area contributed by atoms with Crippen LogP contribution in [0, 0.1) is 21.4 Å². The lowest BCUT2D eigenvalue weighted by molar-refractivity contribution is -0.384. The zero-order chi connectivity index (χ0) is 15.2. The van der Waals surface area contributed by atoms with Gasteiger partial charge in [-0.3, -0.25) is 10.1 Å². The number of ether oxygens (including phenoxy) is 1. The smallest absolute Gasteiger partial charge is 0.270 e. The van der Waals surface area contributed by atoms with Crippen molar-refractivity contribution < 1.29 is 9.66 Å². The minimum Gasteiger partial charge on any atom is -0.376 e. The first-order chi connectivity index (χ1) is 10.2. The molecule has 0 N–H and O–H groups in total. The number of nitriles is 1. The maximum absolute atomic E-state index is 10.8. The molecule has 1 fully saturated rings. The van der Waals surface area contributed by atoms with Crippen LogP contribution in [0.1, 0.15) is 31.7 Å². The fraction of sp³-hybridized carbons (Fsp3) is 0.533. The summed E-state index contributed by atoms with van der Waals surface area (Å²) in [4.78, 5) is 12.4. The maximum Gasteiger partial charge on any atom is 0.270 e. The van der Waals surface area contributed by atoms with E-state index in [-0.39, 0.29) is 11.8 Å². The van der Waals surface area contributed by atoms with Gasteiger partial charge in [0.25, 0.3) is 5.69 Å². The number of hydrogen-bond donors (Lipinski definition) is 0. The summed E-state index contributed by atoms with van der Waals surface area (Å²) >= 11 is 0. The molecule has 0 aromatic heterocycles. The second-order valence-electron chi connectivity index (χ2n) is 5.15. The second kappa shape index (κ2) is 7.04. The minimum atomic E-state index is -0.478. The van der Waals surface area contributed by atoms with E-state index in [2.05, 4.69) is 17.9 Å². The third-order valence-corrected chi connectivity index (χ3v) is 3.59. The molecule has 112 valence electrons. The fourth-order valence-corrected chi connectivity index (χ4v) is 2.58. The molecule has 1 aliphatic heterocycles. The summed E-state index contributed by atoms with van der Waals surface area (Å²) in [7, 11) is 0. The van der Waals surface area contributed by atoms with Crippen molar-refractivity contribution in [3.8, 4) is 6.07 Å². The molecule has 6 nitrogen and oxygen atoms in total. The zero-order valence-electron chi connectivity index (χ0n) is 12.1. The normalized spacial score (nSPS) is 18.3. The van der Waals surface area contributed by atoms with Gasteiger partial charge in [-0.05, 0) is 25.3 Å². The Bertz CT molecular complexity index is 554. The summed E-state index contributed by atoms with van der Waals surface area (Å²) in [5, 5.41) is 20.0. The van der Waals surface area contributed by atoms with Gasteiger partial charge in [0.15, 0.2) is 0 Å². The van der Waals surface area contributed by atoms with Crippen molar-refractivity contribution in [3.63, 3.8) is 0 Å². The van der Waals surface area contributed by atoms with Crippen molar-refractivity contribution in [1.29, 1.82) is 5.26 Å². The summed E-state index contributed by atoms with van der Waals surface area (Å²) in [5.41, 5.74) is 1.05. The number of piperidine rings is 1. The van der Waals surface area contributed by atoms with Crippen molar-refractivity contribution in [3.05, 3.63) is 33.9 Å². The third kappa shape index (κ3) is 3.70. The molecule has 1 saturated heterocycles. The zero-order valence-corrected chi connectivity index (χ0v) is 12.1. The van der Waals surface area contributed by atoms with E-state index >= 15 is 0 Å². The Hall–Kier alpha value is -2.13. The van der Waals surface area contributed by atoms with Gasteiger partial charge in [0.05, 0.1) is 22.3 Å². The summed E-state index contributed by atoms with van der Waals surface area (Å²) < 4.78 is 5.79. The second-order valence-corrected chi connectivity index (χ2v) is 5.15. The molecule has 1 atom stereocenters. The summed E-state index contributed by atoms with van der Waals surface area (Å²) in [6.07, 6.45) is 3.17. The van der Waals surface area contributed by atoms with E-state index in [1.54, 1.807) is 6.07 Å². The SMILES string of the molecule is CCCOC1CCCN(c2ccc([N+](=O)[O-])cc2C#N)C1. The maximum atomic E-state index is 10.8. The van der Waals surface area contributed by atoms with Crippen LogP contribution in [0.15, 0.2) is 18.2 Å². The minimum absolute atomic E-state index is 0.0499. The molecular weight excluding hydrogens is 270 g/mol. The molecule has 21 heavy (non-hydrogen) atoms. The van der Waals surface area contributed by atoms with E-state index in [1.165, 1.54) is 12.1 Å². The molecular formula is C15H19N3O3. The highest BCUT2D eigenvalue weighted by atomic mass is 16.6. The first kappa shape index (κ1) is 15.3. The predicted octanol–water partition coefficient (Wildman–Crippen LogP) is 2.86. The van der Waals surface area contributed by atoms with Crippen LogP contribution in [0.2, 0.25) is 0 Å². The number of nitro benzene ring substituents is 1. The van der Waals surface area contributed by atoms with Crippen LogP contribution in [0.5, 0.6) is 0 Å². The van der Waals surface area contributed by atoms with Crippen molar-refractivity contribution in [1.82, 2.24) is 0 Å². The van der Waals surface area contributed by atoms with Crippen LogP contribution in [-0.2, 0) is 4.74 Å². The van der Waals surface area contributed by atoms with Gasteiger partial charge in [-0.15, -0.1) is 0 Å². The fourth-order valence-electron chi connectivity index (χ4n) is 2.58. The molecule has 1 aromatic carbocycles. The van der Waals surface area contributed by atoms with Gasteiger partial charge < -0.3 is 9.64 Å². The summed E-state index contributed by atoms with van der Waals surface area (Å²) in [5.74, 6) is 0. The van der Waals surface area contributed by atoms with Crippen LogP contribution in [-0.4, -0.2) is 30.7 Å². The molecule has 0 aliphatic carbocycles. The average molecular weight is 289 g/mol. The summed E-state index contributed by atoms with van der Waals surface area (Å²) in [6, 6.07) is 6.51.